The van der Waals surface area contributed by atoms with Gasteiger partial charge in [-0.1, -0.05) is 68.1 Å². The molecule has 4 aliphatic rings. The lowest BCUT2D eigenvalue weighted by Crippen LogP contribution is -2.50. The Morgan fingerprint density at radius 1 is 0.900 bits per heavy atom. The fourth-order valence-electron chi connectivity index (χ4n) is 9.41. The van der Waals surface area contributed by atoms with Crippen LogP contribution in [0.5, 0.6) is 5.75 Å². The maximum absolute atomic E-state index is 12.9. The van der Waals surface area contributed by atoms with Gasteiger partial charge in [0.15, 0.2) is 6.29 Å². The zero-order valence-corrected chi connectivity index (χ0v) is 35.2. The molecule has 1 atom stereocenters. The highest BCUT2D eigenvalue weighted by molar-refractivity contribution is 6.04. The van der Waals surface area contributed by atoms with Crippen LogP contribution >= 0.6 is 0 Å². The second-order valence-electron chi connectivity index (χ2n) is 16.9. The van der Waals surface area contributed by atoms with Gasteiger partial charge in [0.1, 0.15) is 18.1 Å². The molecule has 8 rings (SSSR count). The van der Waals surface area contributed by atoms with Crippen LogP contribution in [0, 0.1) is 5.41 Å². The largest absolute Gasteiger partial charge is 0.508 e. The molecule has 10 heteroatoms. The number of aldehydes is 2. The highest BCUT2D eigenvalue weighted by Gasteiger charge is 2.40. The molecule has 60 heavy (non-hydrogen) atoms. The minimum atomic E-state index is -0.543. The van der Waals surface area contributed by atoms with Crippen LogP contribution in [0.25, 0.3) is 11.1 Å². The number of fused-ring (bicyclic) bond motifs is 1. The Balaban J connectivity index is 0.000000197. The third kappa shape index (κ3) is 9.30. The molecule has 3 fully saturated rings. The van der Waals surface area contributed by atoms with Crippen LogP contribution in [-0.4, -0.2) is 97.1 Å². The molecule has 1 spiro atoms. The summed E-state index contributed by atoms with van der Waals surface area (Å²) in [5.41, 5.74) is 11.3. The van der Waals surface area contributed by atoms with Crippen LogP contribution < -0.4 is 10.2 Å². The molecule has 2 amide bonds. The lowest BCUT2D eigenvalue weighted by Gasteiger charge is -2.38. The van der Waals surface area contributed by atoms with E-state index in [4.69, 9.17) is 0 Å². The molecule has 10 nitrogen and oxygen atoms in total. The summed E-state index contributed by atoms with van der Waals surface area (Å²) in [5.74, 6) is -0.246. The Morgan fingerprint density at radius 3 is 2.15 bits per heavy atom. The molecule has 0 aliphatic carbocycles. The number of phenols is 1. The molecule has 0 aromatic heterocycles. The number of carbonyl (C=O) groups is 4. The fourth-order valence-corrected chi connectivity index (χ4v) is 9.41. The first-order valence-electron chi connectivity index (χ1n) is 21.2. The third-order valence-electron chi connectivity index (χ3n) is 12.9. The number of rotatable bonds is 10. The maximum atomic E-state index is 12.9. The van der Waals surface area contributed by atoms with Crippen molar-refractivity contribution in [2.45, 2.75) is 64.6 Å². The van der Waals surface area contributed by atoms with Crippen LogP contribution in [0.15, 0.2) is 103 Å². The number of nitrogens with one attached hydrogen (secondary N) is 1. The van der Waals surface area contributed by atoms with Gasteiger partial charge in [-0.15, -0.1) is 0 Å². The second kappa shape index (κ2) is 18.6. The predicted molar refractivity (Wildman–Crippen MR) is 238 cm³/mol. The number of likely N-dealkylation sites (tertiary alicyclic amines) is 1. The van der Waals surface area contributed by atoms with Gasteiger partial charge in [-0.05, 0) is 139 Å². The zero-order chi connectivity index (χ0) is 42.4. The number of hydrogen-bond acceptors (Lipinski definition) is 8. The van der Waals surface area contributed by atoms with Gasteiger partial charge in [0.25, 0.3) is 5.91 Å². The Morgan fingerprint density at radius 2 is 1.53 bits per heavy atom. The number of carbonyl (C=O) groups excluding carboxylic acids is 4. The van der Waals surface area contributed by atoms with E-state index in [0.29, 0.717) is 47.9 Å². The van der Waals surface area contributed by atoms with Crippen molar-refractivity contribution >= 4 is 41.2 Å². The van der Waals surface area contributed by atoms with E-state index in [1.165, 1.54) is 52.1 Å². The van der Waals surface area contributed by atoms with E-state index in [1.54, 1.807) is 31.3 Å². The summed E-state index contributed by atoms with van der Waals surface area (Å²) in [7, 11) is 3.60. The van der Waals surface area contributed by atoms with Crippen LogP contribution in [0.2, 0.25) is 0 Å². The minimum absolute atomic E-state index is 0.226. The molecule has 4 aromatic rings. The number of aromatic hydroxyl groups is 1. The van der Waals surface area contributed by atoms with E-state index >= 15 is 0 Å². The maximum Gasteiger partial charge on any atom is 0.255 e. The monoisotopic (exact) mass is 807 g/mol. The SMILES string of the molecule is C=C1CCC(N(C)C(=O)c2cc3c(cc2C=O)CN(C)C3)C(=O)N1.CC/C(=C(\c1ccc(O)cc1)c1ccc(N2CCC3(CCN(CC=O)CC3)C2)cc1)c1ccccc1. The van der Waals surface area contributed by atoms with Crippen LogP contribution in [0.1, 0.15) is 94.0 Å². The lowest BCUT2D eigenvalue weighted by molar-refractivity contribution is -0.125. The van der Waals surface area contributed by atoms with Crippen molar-refractivity contribution in [1.29, 1.82) is 0 Å². The van der Waals surface area contributed by atoms with Crippen molar-refractivity contribution in [3.8, 4) is 5.75 Å². The van der Waals surface area contributed by atoms with Gasteiger partial charge in [0.2, 0.25) is 5.91 Å². The average Bonchev–Trinajstić information content (AvgIpc) is 3.85. The molecule has 4 aliphatic heterocycles. The molecule has 4 aromatic carbocycles. The summed E-state index contributed by atoms with van der Waals surface area (Å²) < 4.78 is 0. The number of phenolic OH excluding ortho intramolecular Hbond substituents is 1. The van der Waals surface area contributed by atoms with Crippen molar-refractivity contribution in [3.05, 3.63) is 142 Å². The normalized spacial score (nSPS) is 19.2. The van der Waals surface area contributed by atoms with Gasteiger partial charge in [0, 0.05) is 50.2 Å². The molecular weight excluding hydrogens is 751 g/mol. The Kier molecular flexibility index (Phi) is 13.1. The number of hydrogen-bond donors (Lipinski definition) is 2. The van der Waals surface area contributed by atoms with E-state index in [9.17, 15) is 24.3 Å². The smallest absolute Gasteiger partial charge is 0.255 e. The van der Waals surface area contributed by atoms with Gasteiger partial charge in [0.05, 0.1) is 12.1 Å². The average molecular weight is 808 g/mol. The van der Waals surface area contributed by atoms with Crippen molar-refractivity contribution in [1.82, 2.24) is 20.0 Å². The molecule has 4 heterocycles. The quantitative estimate of drug-likeness (QED) is 0.125. The molecule has 312 valence electrons. The molecular formula is C50H57N5O5. The summed E-state index contributed by atoms with van der Waals surface area (Å²) in [6, 6.07) is 30.3. The van der Waals surface area contributed by atoms with E-state index in [0.717, 1.165) is 68.7 Å². The van der Waals surface area contributed by atoms with Crippen LogP contribution in [-0.2, 0) is 22.7 Å². The fraction of sp³-hybridized carbons (Fsp3) is 0.360. The Hall–Kier alpha value is -5.84. The van der Waals surface area contributed by atoms with Crippen LogP contribution in [0.3, 0.4) is 0 Å². The second-order valence-corrected chi connectivity index (χ2v) is 16.9. The van der Waals surface area contributed by atoms with Gasteiger partial charge >= 0.3 is 0 Å². The van der Waals surface area contributed by atoms with Crippen molar-refractivity contribution in [3.63, 3.8) is 0 Å². The number of likely N-dealkylation sites (N-methyl/N-ethyl adjacent to an activating group) is 1. The summed E-state index contributed by atoms with van der Waals surface area (Å²) in [5, 5.41) is 12.6. The van der Waals surface area contributed by atoms with E-state index < -0.39 is 6.04 Å². The van der Waals surface area contributed by atoms with Gasteiger partial charge in [-0.3, -0.25) is 24.2 Å². The minimum Gasteiger partial charge on any atom is -0.508 e. The van der Waals surface area contributed by atoms with Crippen molar-refractivity contribution in [2.75, 3.05) is 51.7 Å². The van der Waals surface area contributed by atoms with Gasteiger partial charge in [-0.2, -0.15) is 0 Å². The molecule has 3 saturated heterocycles. The molecule has 0 bridgehead atoms. The molecule has 0 radical (unpaired) electrons. The summed E-state index contributed by atoms with van der Waals surface area (Å²) in [6.45, 7) is 12.3. The standard InChI is InChI=1S/C32H36N2O2.C18H21N3O3/c1-2-30(25-6-4-3-5-7-25)31(27-10-14-29(36)15-11-27)26-8-12-28(13-9-26)34-21-18-32(24-34)16-19-33(20-17-32)22-23-35;1-11-4-5-16(17(23)19-11)21(3)18(24)15-7-13-9-20(2)8-12(13)6-14(15)10-22/h3-15,23,36H,2,16-22,24H2,1H3;6-7,10,16H,1,4-5,8-9H2,2-3H3,(H,19,23)/b31-30+;. The van der Waals surface area contributed by atoms with Crippen LogP contribution in [0.4, 0.5) is 5.69 Å². The summed E-state index contributed by atoms with van der Waals surface area (Å²) >= 11 is 0. The zero-order valence-electron chi connectivity index (χ0n) is 35.2. The number of piperidine rings is 2. The van der Waals surface area contributed by atoms with Crippen molar-refractivity contribution < 1.29 is 24.3 Å². The molecule has 0 saturated carbocycles. The van der Waals surface area contributed by atoms with Crippen molar-refractivity contribution in [2.24, 2.45) is 5.41 Å². The third-order valence-corrected chi connectivity index (χ3v) is 12.9. The van der Waals surface area contributed by atoms with Gasteiger partial charge in [-0.25, -0.2) is 0 Å². The number of benzene rings is 4. The molecule has 2 N–H and O–H groups in total. The number of nitrogens with zero attached hydrogens (tertiary/aromatic N) is 4. The predicted octanol–water partition coefficient (Wildman–Crippen LogP) is 7.56. The molecule has 1 unspecified atom stereocenters. The first-order chi connectivity index (χ1) is 29.0. The summed E-state index contributed by atoms with van der Waals surface area (Å²) in [4.78, 5) is 55.7. The number of allylic oxidation sites excluding steroid dienone is 2. The Labute approximate surface area is 354 Å². The number of amides is 2. The summed E-state index contributed by atoms with van der Waals surface area (Å²) in [6.07, 6.45) is 7.43. The number of anilines is 1. The Bertz CT molecular complexity index is 2240. The highest BCUT2D eigenvalue weighted by atomic mass is 16.3. The van der Waals surface area contributed by atoms with E-state index in [1.807, 2.05) is 19.2 Å². The van der Waals surface area contributed by atoms with Gasteiger partial charge < -0.3 is 25.0 Å². The van der Waals surface area contributed by atoms with E-state index in [-0.39, 0.29) is 17.6 Å². The topological polar surface area (TPSA) is 114 Å². The first-order valence-corrected chi connectivity index (χ1v) is 21.2. The van der Waals surface area contributed by atoms with E-state index in [2.05, 4.69) is 88.1 Å². The first kappa shape index (κ1) is 42.3. The highest BCUT2D eigenvalue weighted by Crippen LogP contribution is 2.43. The lowest BCUT2D eigenvalue weighted by atomic mass is 9.78.